The van der Waals surface area contributed by atoms with Crippen LogP contribution in [0.5, 0.6) is 5.75 Å². The number of carbonyl (C=O) groups is 1. The highest BCUT2D eigenvalue weighted by molar-refractivity contribution is 7.09. The van der Waals surface area contributed by atoms with E-state index in [4.69, 9.17) is 5.11 Å². The molecule has 2 aromatic rings. The lowest BCUT2D eigenvalue weighted by Crippen LogP contribution is -1.87. The highest BCUT2D eigenvalue weighted by Gasteiger charge is 2.02. The largest absolute Gasteiger partial charge is 0.508 e. The van der Waals surface area contributed by atoms with Gasteiger partial charge in [0, 0.05) is 11.8 Å². The third-order valence-corrected chi connectivity index (χ3v) is 2.85. The normalized spacial score (nSPS) is 10.1. The first-order valence-corrected chi connectivity index (χ1v) is 5.33. The van der Waals surface area contributed by atoms with Crippen LogP contribution in [0.4, 0.5) is 0 Å². The van der Waals surface area contributed by atoms with Gasteiger partial charge < -0.3 is 5.11 Å². The molecule has 3 nitrogen and oxygen atoms in total. The number of carbonyl (C=O) groups excluding carboxylic acids is 1. The Labute approximate surface area is 91.0 Å². The number of phenols is 1. The first-order chi connectivity index (χ1) is 7.28. The van der Waals surface area contributed by atoms with Gasteiger partial charge in [-0.15, -0.1) is 11.3 Å². The van der Waals surface area contributed by atoms with Crippen molar-refractivity contribution < 1.29 is 9.90 Å². The Kier molecular flexibility index (Phi) is 2.78. The topological polar surface area (TPSA) is 50.2 Å². The van der Waals surface area contributed by atoms with Crippen molar-refractivity contribution in [2.24, 2.45) is 0 Å². The van der Waals surface area contributed by atoms with Crippen LogP contribution in [0.1, 0.15) is 21.1 Å². The number of hydrogen-bond donors (Lipinski definition) is 1. The minimum absolute atomic E-state index is 0.256. The van der Waals surface area contributed by atoms with Crippen LogP contribution in [0.2, 0.25) is 0 Å². The van der Waals surface area contributed by atoms with Crippen molar-refractivity contribution in [2.45, 2.75) is 6.42 Å². The number of hydrogen-bond acceptors (Lipinski definition) is 4. The van der Waals surface area contributed by atoms with Gasteiger partial charge in [0.1, 0.15) is 11.4 Å². The summed E-state index contributed by atoms with van der Waals surface area (Å²) in [4.78, 5) is 14.6. The molecule has 0 aliphatic carbocycles. The number of phenolic OH excluding ortho intramolecular Hbond substituents is 1. The summed E-state index contributed by atoms with van der Waals surface area (Å²) in [5.74, 6) is 0.256. The van der Waals surface area contributed by atoms with E-state index < -0.39 is 0 Å². The zero-order chi connectivity index (χ0) is 10.7. The van der Waals surface area contributed by atoms with Gasteiger partial charge in [-0.2, -0.15) is 0 Å². The Morgan fingerprint density at radius 1 is 1.33 bits per heavy atom. The molecular weight excluding hydrogens is 210 g/mol. The maximum Gasteiger partial charge on any atom is 0.169 e. The zero-order valence-corrected chi connectivity index (χ0v) is 8.70. The number of benzene rings is 1. The summed E-state index contributed by atoms with van der Waals surface area (Å²) in [5, 5.41) is 11.7. The van der Waals surface area contributed by atoms with Crippen molar-refractivity contribution in [3.8, 4) is 5.75 Å². The van der Waals surface area contributed by atoms with Gasteiger partial charge in [-0.25, -0.2) is 4.98 Å². The molecule has 0 aliphatic heterocycles. The van der Waals surface area contributed by atoms with Crippen LogP contribution >= 0.6 is 11.3 Å². The highest BCUT2D eigenvalue weighted by atomic mass is 32.1. The number of thiazole rings is 1. The average Bonchev–Trinajstić information content (AvgIpc) is 2.69. The Morgan fingerprint density at radius 3 is 2.67 bits per heavy atom. The molecule has 0 spiro atoms. The second kappa shape index (κ2) is 4.23. The van der Waals surface area contributed by atoms with Crippen molar-refractivity contribution in [3.05, 3.63) is 45.9 Å². The molecule has 0 radical (unpaired) electrons. The van der Waals surface area contributed by atoms with Crippen molar-refractivity contribution in [3.63, 3.8) is 0 Å². The van der Waals surface area contributed by atoms with Gasteiger partial charge in [0.25, 0.3) is 0 Å². The molecule has 4 heteroatoms. The molecule has 0 saturated carbocycles. The predicted molar refractivity (Wildman–Crippen MR) is 58.4 cm³/mol. The van der Waals surface area contributed by atoms with Crippen LogP contribution in [0.15, 0.2) is 29.6 Å². The molecule has 0 amide bonds. The summed E-state index contributed by atoms with van der Waals surface area (Å²) < 4.78 is 0. The molecule has 0 saturated heterocycles. The second-order valence-corrected chi connectivity index (χ2v) is 4.07. The Balaban J connectivity index is 2.14. The number of aromatic hydroxyl groups is 1. The van der Waals surface area contributed by atoms with Gasteiger partial charge in [-0.1, -0.05) is 12.1 Å². The van der Waals surface area contributed by atoms with Crippen LogP contribution in [0.3, 0.4) is 0 Å². The summed E-state index contributed by atoms with van der Waals surface area (Å²) >= 11 is 1.47. The molecule has 1 N–H and O–H groups in total. The predicted octanol–water partition coefficient (Wildman–Crippen LogP) is 2.25. The number of aldehydes is 1. The molecule has 0 atom stereocenters. The first-order valence-electron chi connectivity index (χ1n) is 4.45. The van der Waals surface area contributed by atoms with Gasteiger partial charge in [-0.05, 0) is 17.7 Å². The molecule has 76 valence electrons. The van der Waals surface area contributed by atoms with Crippen molar-refractivity contribution in [1.82, 2.24) is 4.98 Å². The lowest BCUT2D eigenvalue weighted by molar-refractivity contribution is 0.111. The van der Waals surface area contributed by atoms with Gasteiger partial charge in [0.2, 0.25) is 0 Å². The van der Waals surface area contributed by atoms with E-state index in [9.17, 15) is 4.79 Å². The molecule has 0 fully saturated rings. The van der Waals surface area contributed by atoms with E-state index in [0.29, 0.717) is 12.1 Å². The van der Waals surface area contributed by atoms with Crippen LogP contribution in [-0.4, -0.2) is 16.4 Å². The second-order valence-electron chi connectivity index (χ2n) is 3.13. The molecule has 0 unspecified atom stereocenters. The van der Waals surface area contributed by atoms with Crippen LogP contribution in [-0.2, 0) is 6.42 Å². The van der Waals surface area contributed by atoms with E-state index in [2.05, 4.69) is 4.98 Å². The van der Waals surface area contributed by atoms with Gasteiger partial charge >= 0.3 is 0 Å². The standard InChI is InChI=1S/C11H9NO2S/c13-6-9-7-15-11(12-9)5-8-1-3-10(14)4-2-8/h1-4,6-7,14H,5H2. The van der Waals surface area contributed by atoms with Crippen LogP contribution < -0.4 is 0 Å². The third kappa shape index (κ3) is 2.41. The highest BCUT2D eigenvalue weighted by Crippen LogP contribution is 2.16. The van der Waals surface area contributed by atoms with Crippen molar-refractivity contribution >= 4 is 17.6 Å². The molecule has 15 heavy (non-hydrogen) atoms. The van der Waals surface area contributed by atoms with Gasteiger partial charge in [0.15, 0.2) is 6.29 Å². The van der Waals surface area contributed by atoms with Crippen molar-refractivity contribution in [1.29, 1.82) is 0 Å². The fourth-order valence-corrected chi connectivity index (χ4v) is 2.02. The summed E-state index contributed by atoms with van der Waals surface area (Å²) in [6, 6.07) is 6.97. The first kappa shape index (κ1) is 9.86. The zero-order valence-electron chi connectivity index (χ0n) is 7.88. The average molecular weight is 219 g/mol. The lowest BCUT2D eigenvalue weighted by atomic mass is 10.1. The third-order valence-electron chi connectivity index (χ3n) is 1.98. The monoisotopic (exact) mass is 219 g/mol. The Bertz CT molecular complexity index is 462. The summed E-state index contributed by atoms with van der Waals surface area (Å²) in [5.41, 5.74) is 1.55. The maximum absolute atomic E-state index is 10.4. The van der Waals surface area contributed by atoms with E-state index in [-0.39, 0.29) is 5.75 Å². The Hall–Kier alpha value is -1.68. The number of aromatic nitrogens is 1. The lowest BCUT2D eigenvalue weighted by Gasteiger charge is -1.97. The molecule has 0 aliphatic rings. The molecule has 1 heterocycles. The fraction of sp³-hybridized carbons (Fsp3) is 0.0909. The Morgan fingerprint density at radius 2 is 2.07 bits per heavy atom. The fourth-order valence-electron chi connectivity index (χ4n) is 1.25. The van der Waals surface area contributed by atoms with Crippen LogP contribution in [0.25, 0.3) is 0 Å². The van der Waals surface area contributed by atoms with E-state index in [0.717, 1.165) is 16.9 Å². The van der Waals surface area contributed by atoms with E-state index >= 15 is 0 Å². The molecule has 1 aromatic carbocycles. The quantitative estimate of drug-likeness (QED) is 0.805. The summed E-state index contributed by atoms with van der Waals surface area (Å²) in [6.45, 7) is 0. The smallest absolute Gasteiger partial charge is 0.169 e. The molecular formula is C11H9NO2S. The maximum atomic E-state index is 10.4. The number of rotatable bonds is 3. The number of nitrogens with zero attached hydrogens (tertiary/aromatic N) is 1. The van der Waals surface area contributed by atoms with E-state index in [1.54, 1.807) is 17.5 Å². The molecule has 2 rings (SSSR count). The van der Waals surface area contributed by atoms with E-state index in [1.165, 1.54) is 11.3 Å². The van der Waals surface area contributed by atoms with Crippen molar-refractivity contribution in [2.75, 3.05) is 0 Å². The van der Waals surface area contributed by atoms with Crippen LogP contribution in [0, 0.1) is 0 Å². The minimum Gasteiger partial charge on any atom is -0.508 e. The molecule has 0 bridgehead atoms. The van der Waals surface area contributed by atoms with Gasteiger partial charge in [-0.3, -0.25) is 4.79 Å². The molecule has 1 aromatic heterocycles. The SMILES string of the molecule is O=Cc1csc(Cc2ccc(O)cc2)n1. The minimum atomic E-state index is 0.256. The summed E-state index contributed by atoms with van der Waals surface area (Å²) in [7, 11) is 0. The van der Waals surface area contributed by atoms with E-state index in [1.807, 2.05) is 12.1 Å². The summed E-state index contributed by atoms with van der Waals surface area (Å²) in [6.07, 6.45) is 1.44. The van der Waals surface area contributed by atoms with Gasteiger partial charge in [0.05, 0.1) is 5.01 Å².